The highest BCUT2D eigenvalue weighted by molar-refractivity contribution is 7.17. The summed E-state index contributed by atoms with van der Waals surface area (Å²) in [5.74, 6) is 0.825. The zero-order chi connectivity index (χ0) is 17.8. The minimum atomic E-state index is 0.338. The van der Waals surface area contributed by atoms with Gasteiger partial charge in [0.25, 0.3) is 0 Å². The fraction of sp³-hybridized carbons (Fsp3) is 0.190. The molecule has 0 saturated carbocycles. The number of hydrogen-bond acceptors (Lipinski definition) is 3. The Balaban J connectivity index is 0.000000192. The third-order valence-electron chi connectivity index (χ3n) is 3.98. The fourth-order valence-corrected chi connectivity index (χ4v) is 3.53. The largest absolute Gasteiger partial charge is 0.508 e. The van der Waals surface area contributed by atoms with Crippen LogP contribution in [0.3, 0.4) is 0 Å². The molecule has 0 saturated heterocycles. The lowest BCUT2D eigenvalue weighted by Crippen LogP contribution is -1.85. The zero-order valence-corrected chi connectivity index (χ0v) is 15.5. The van der Waals surface area contributed by atoms with E-state index in [0.717, 1.165) is 11.3 Å². The van der Waals surface area contributed by atoms with E-state index in [1.54, 1.807) is 23.5 Å². The van der Waals surface area contributed by atoms with Gasteiger partial charge in [0.1, 0.15) is 5.75 Å². The maximum atomic E-state index is 8.81. The molecule has 128 valence electrons. The van der Waals surface area contributed by atoms with Gasteiger partial charge in [0, 0.05) is 26.7 Å². The number of phenols is 1. The molecular formula is C21H22N2OS. The highest BCUT2D eigenvalue weighted by Crippen LogP contribution is 2.33. The number of aromatic amines is 1. The molecule has 2 heterocycles. The first kappa shape index (κ1) is 17.2. The predicted octanol–water partition coefficient (Wildman–Crippen LogP) is 6.12. The Bertz CT molecular complexity index is 951. The highest BCUT2D eigenvalue weighted by atomic mass is 32.1. The molecule has 4 heteroatoms. The van der Waals surface area contributed by atoms with E-state index in [9.17, 15) is 0 Å². The van der Waals surface area contributed by atoms with E-state index in [2.05, 4.69) is 59.8 Å². The van der Waals surface area contributed by atoms with Crippen LogP contribution in [0, 0.1) is 6.92 Å². The van der Waals surface area contributed by atoms with E-state index in [0.29, 0.717) is 11.7 Å². The summed E-state index contributed by atoms with van der Waals surface area (Å²) < 4.78 is 1.32. The lowest BCUT2D eigenvalue weighted by molar-refractivity contribution is 0.475. The SMILES string of the molecule is CC(C)c1cc(-c2csc3ccccc23)n[nH]1.Cc1cccc(O)c1. The van der Waals surface area contributed by atoms with Crippen molar-refractivity contribution < 1.29 is 5.11 Å². The molecule has 0 fully saturated rings. The molecule has 0 spiro atoms. The van der Waals surface area contributed by atoms with Gasteiger partial charge < -0.3 is 5.11 Å². The zero-order valence-electron chi connectivity index (χ0n) is 14.7. The number of H-pyrrole nitrogens is 1. The summed E-state index contributed by atoms with van der Waals surface area (Å²) in [4.78, 5) is 0. The van der Waals surface area contributed by atoms with Crippen LogP contribution < -0.4 is 0 Å². The van der Waals surface area contributed by atoms with Crippen molar-refractivity contribution in [1.82, 2.24) is 10.2 Å². The summed E-state index contributed by atoms with van der Waals surface area (Å²) in [6.45, 7) is 6.28. The van der Waals surface area contributed by atoms with Gasteiger partial charge in [-0.1, -0.05) is 44.2 Å². The smallest absolute Gasteiger partial charge is 0.115 e. The van der Waals surface area contributed by atoms with Crippen LogP contribution in [-0.4, -0.2) is 15.3 Å². The van der Waals surface area contributed by atoms with Crippen LogP contribution in [0.2, 0.25) is 0 Å². The van der Waals surface area contributed by atoms with Gasteiger partial charge in [-0.15, -0.1) is 11.3 Å². The summed E-state index contributed by atoms with van der Waals surface area (Å²) in [5.41, 5.74) is 4.56. The Morgan fingerprint density at radius 3 is 2.48 bits per heavy atom. The second kappa shape index (κ2) is 7.53. The average Bonchev–Trinajstić information content (AvgIpc) is 3.22. The number of fused-ring (bicyclic) bond motifs is 1. The molecule has 0 aliphatic rings. The Morgan fingerprint density at radius 1 is 1.04 bits per heavy atom. The van der Waals surface area contributed by atoms with Crippen molar-refractivity contribution in [3.63, 3.8) is 0 Å². The van der Waals surface area contributed by atoms with Gasteiger partial charge in [0.2, 0.25) is 0 Å². The summed E-state index contributed by atoms with van der Waals surface area (Å²) in [6.07, 6.45) is 0. The Morgan fingerprint density at radius 2 is 1.84 bits per heavy atom. The van der Waals surface area contributed by atoms with Gasteiger partial charge in [-0.25, -0.2) is 0 Å². The Hall–Kier alpha value is -2.59. The lowest BCUT2D eigenvalue weighted by atomic mass is 10.1. The topological polar surface area (TPSA) is 48.9 Å². The fourth-order valence-electron chi connectivity index (χ4n) is 2.57. The van der Waals surface area contributed by atoms with Crippen LogP contribution in [0.4, 0.5) is 0 Å². The third-order valence-corrected chi connectivity index (χ3v) is 4.94. The lowest BCUT2D eigenvalue weighted by Gasteiger charge is -1.96. The minimum Gasteiger partial charge on any atom is -0.508 e. The normalized spacial score (nSPS) is 10.7. The number of aromatic nitrogens is 2. The molecule has 4 aromatic rings. The van der Waals surface area contributed by atoms with Crippen LogP contribution >= 0.6 is 11.3 Å². The van der Waals surface area contributed by atoms with Crippen molar-refractivity contribution in [2.45, 2.75) is 26.7 Å². The monoisotopic (exact) mass is 350 g/mol. The summed E-state index contributed by atoms with van der Waals surface area (Å²) in [5, 5.41) is 19.8. The van der Waals surface area contributed by atoms with E-state index in [4.69, 9.17) is 5.11 Å². The predicted molar refractivity (Wildman–Crippen MR) is 106 cm³/mol. The van der Waals surface area contributed by atoms with E-state index in [1.807, 2.05) is 19.1 Å². The van der Waals surface area contributed by atoms with E-state index < -0.39 is 0 Å². The summed E-state index contributed by atoms with van der Waals surface area (Å²) in [6, 6.07) is 17.8. The number of benzene rings is 2. The molecule has 2 aromatic heterocycles. The van der Waals surface area contributed by atoms with Crippen molar-refractivity contribution in [2.24, 2.45) is 0 Å². The number of thiophene rings is 1. The maximum Gasteiger partial charge on any atom is 0.115 e. The van der Waals surface area contributed by atoms with Gasteiger partial charge >= 0.3 is 0 Å². The molecule has 4 rings (SSSR count). The standard InChI is InChI=1S/C14H14N2S.C7H8O/c1-9(2)12-7-13(16-15-12)11-8-17-14-6-4-3-5-10(11)14;1-6-3-2-4-7(8)5-6/h3-9H,1-2H3,(H,15,16);2-5,8H,1H3. The van der Waals surface area contributed by atoms with Crippen LogP contribution in [-0.2, 0) is 0 Å². The minimum absolute atomic E-state index is 0.338. The number of phenolic OH excluding ortho intramolecular Hbond substituents is 1. The first-order valence-corrected chi connectivity index (χ1v) is 9.20. The molecule has 0 aliphatic carbocycles. The molecule has 0 radical (unpaired) electrons. The van der Waals surface area contributed by atoms with Gasteiger partial charge in [-0.2, -0.15) is 5.10 Å². The molecule has 25 heavy (non-hydrogen) atoms. The Kier molecular flexibility index (Phi) is 5.19. The molecule has 0 amide bonds. The number of hydrogen-bond donors (Lipinski definition) is 2. The molecule has 0 atom stereocenters. The quantitative estimate of drug-likeness (QED) is 0.458. The second-order valence-electron chi connectivity index (χ2n) is 6.35. The van der Waals surface area contributed by atoms with Gasteiger partial charge in [-0.3, -0.25) is 5.10 Å². The highest BCUT2D eigenvalue weighted by Gasteiger charge is 2.10. The van der Waals surface area contributed by atoms with Gasteiger partial charge in [0.05, 0.1) is 5.69 Å². The number of nitrogens with one attached hydrogen (secondary N) is 1. The number of rotatable bonds is 2. The molecule has 3 nitrogen and oxygen atoms in total. The number of nitrogens with zero attached hydrogens (tertiary/aromatic N) is 1. The summed E-state index contributed by atoms with van der Waals surface area (Å²) >= 11 is 1.77. The molecule has 2 N–H and O–H groups in total. The van der Waals surface area contributed by atoms with E-state index in [-0.39, 0.29) is 0 Å². The molecule has 2 aromatic carbocycles. The van der Waals surface area contributed by atoms with Gasteiger partial charge in [0.15, 0.2) is 0 Å². The van der Waals surface area contributed by atoms with Crippen molar-refractivity contribution >= 4 is 21.4 Å². The summed E-state index contributed by atoms with van der Waals surface area (Å²) in [7, 11) is 0. The molecular weight excluding hydrogens is 328 g/mol. The first-order chi connectivity index (χ1) is 12.0. The van der Waals surface area contributed by atoms with Crippen LogP contribution in [0.15, 0.2) is 60.0 Å². The van der Waals surface area contributed by atoms with E-state index in [1.165, 1.54) is 21.3 Å². The molecule has 0 aliphatic heterocycles. The van der Waals surface area contributed by atoms with Crippen LogP contribution in [0.1, 0.15) is 31.0 Å². The Labute approximate surface area is 152 Å². The van der Waals surface area contributed by atoms with Crippen molar-refractivity contribution in [2.75, 3.05) is 0 Å². The average molecular weight is 350 g/mol. The first-order valence-electron chi connectivity index (χ1n) is 8.32. The molecule has 0 unspecified atom stereocenters. The second-order valence-corrected chi connectivity index (χ2v) is 7.26. The van der Waals surface area contributed by atoms with Crippen LogP contribution in [0.5, 0.6) is 5.75 Å². The third kappa shape index (κ3) is 4.09. The van der Waals surface area contributed by atoms with Gasteiger partial charge in [-0.05, 0) is 42.7 Å². The van der Waals surface area contributed by atoms with Crippen molar-refractivity contribution in [3.05, 3.63) is 71.2 Å². The number of aromatic hydroxyl groups is 1. The van der Waals surface area contributed by atoms with Crippen LogP contribution in [0.25, 0.3) is 21.3 Å². The van der Waals surface area contributed by atoms with Crippen molar-refractivity contribution in [3.8, 4) is 17.0 Å². The maximum absolute atomic E-state index is 8.81. The number of aryl methyl sites for hydroxylation is 1. The van der Waals surface area contributed by atoms with Crippen molar-refractivity contribution in [1.29, 1.82) is 0 Å². The van der Waals surface area contributed by atoms with E-state index >= 15 is 0 Å². The molecule has 0 bridgehead atoms.